The standard InChI is InChI=1S/C13H25NO3.C6H15NO3/c1-3-4-5-6-7-8-9-10-12(15)14(2)11-13(16)17;8-4-1-7(2-5-9)3-6-10/h3-11H2,1-2H3,(H,16,17);8-10H,1-6H2. The van der Waals surface area contributed by atoms with Gasteiger partial charge in [-0.2, -0.15) is 0 Å². The second-order valence-corrected chi connectivity index (χ2v) is 6.53. The van der Waals surface area contributed by atoms with Gasteiger partial charge in [-0.15, -0.1) is 0 Å². The van der Waals surface area contributed by atoms with Gasteiger partial charge in [0.25, 0.3) is 0 Å². The van der Waals surface area contributed by atoms with Crippen molar-refractivity contribution in [3.05, 3.63) is 0 Å². The minimum Gasteiger partial charge on any atom is -0.480 e. The number of carboxylic acids is 1. The van der Waals surface area contributed by atoms with Crippen LogP contribution in [0.3, 0.4) is 0 Å². The second kappa shape index (κ2) is 21.1. The fourth-order valence-corrected chi connectivity index (χ4v) is 2.47. The molecule has 0 fully saturated rings. The average molecular weight is 393 g/mol. The van der Waals surface area contributed by atoms with Crippen LogP contribution in [0.5, 0.6) is 0 Å². The van der Waals surface area contributed by atoms with E-state index in [0.717, 1.165) is 12.8 Å². The Morgan fingerprint density at radius 3 is 1.63 bits per heavy atom. The van der Waals surface area contributed by atoms with Crippen LogP contribution in [0.25, 0.3) is 0 Å². The molecule has 4 N–H and O–H groups in total. The first-order chi connectivity index (χ1) is 12.9. The number of carbonyl (C=O) groups excluding carboxylic acids is 1. The lowest BCUT2D eigenvalue weighted by Crippen LogP contribution is -2.32. The number of carboxylic acid groups (broad SMARTS) is 1. The van der Waals surface area contributed by atoms with Crippen molar-refractivity contribution in [1.29, 1.82) is 0 Å². The van der Waals surface area contributed by atoms with Crippen molar-refractivity contribution in [2.45, 2.75) is 58.3 Å². The quantitative estimate of drug-likeness (QED) is 0.288. The lowest BCUT2D eigenvalue weighted by atomic mass is 10.1. The first kappa shape index (κ1) is 28.0. The summed E-state index contributed by atoms with van der Waals surface area (Å²) < 4.78 is 0. The molecule has 0 spiro atoms. The Kier molecular flexibility index (Phi) is 21.9. The van der Waals surface area contributed by atoms with Gasteiger partial charge < -0.3 is 25.3 Å². The molecule has 27 heavy (non-hydrogen) atoms. The van der Waals surface area contributed by atoms with Gasteiger partial charge in [0, 0.05) is 33.1 Å². The van der Waals surface area contributed by atoms with Crippen LogP contribution in [0.2, 0.25) is 0 Å². The van der Waals surface area contributed by atoms with E-state index in [0.29, 0.717) is 26.1 Å². The number of amides is 1. The molecule has 0 aromatic carbocycles. The van der Waals surface area contributed by atoms with Gasteiger partial charge in [0.05, 0.1) is 19.8 Å². The summed E-state index contributed by atoms with van der Waals surface area (Å²) in [5.74, 6) is -1.03. The van der Waals surface area contributed by atoms with Crippen LogP contribution in [0.4, 0.5) is 0 Å². The number of hydrogen-bond donors (Lipinski definition) is 4. The van der Waals surface area contributed by atoms with Crippen molar-refractivity contribution in [1.82, 2.24) is 9.80 Å². The lowest BCUT2D eigenvalue weighted by molar-refractivity contribution is -0.143. The number of likely N-dealkylation sites (N-methyl/N-ethyl adjacent to an activating group) is 1. The number of unbranched alkanes of at least 4 members (excludes halogenated alkanes) is 6. The smallest absolute Gasteiger partial charge is 0.323 e. The van der Waals surface area contributed by atoms with E-state index in [-0.39, 0.29) is 32.3 Å². The molecule has 8 nitrogen and oxygen atoms in total. The molecule has 0 rings (SSSR count). The van der Waals surface area contributed by atoms with Gasteiger partial charge >= 0.3 is 5.97 Å². The minimum atomic E-state index is -0.958. The normalized spacial score (nSPS) is 10.4. The molecule has 0 bridgehead atoms. The Bertz CT molecular complexity index is 341. The third-order valence-electron chi connectivity index (χ3n) is 4.04. The molecular formula is C19H40N2O6. The van der Waals surface area contributed by atoms with Crippen LogP contribution >= 0.6 is 0 Å². The minimum absolute atomic E-state index is 0.0686. The molecule has 0 aromatic heterocycles. The van der Waals surface area contributed by atoms with Crippen molar-refractivity contribution in [2.75, 3.05) is 53.0 Å². The predicted molar refractivity (Wildman–Crippen MR) is 106 cm³/mol. The highest BCUT2D eigenvalue weighted by Gasteiger charge is 2.10. The van der Waals surface area contributed by atoms with Gasteiger partial charge in [-0.1, -0.05) is 45.4 Å². The molecule has 0 radical (unpaired) electrons. The Labute approximate surface area is 163 Å². The fourth-order valence-electron chi connectivity index (χ4n) is 2.47. The first-order valence-electron chi connectivity index (χ1n) is 9.93. The Morgan fingerprint density at radius 2 is 1.22 bits per heavy atom. The predicted octanol–water partition coefficient (Wildman–Crippen LogP) is 0.935. The molecule has 0 aliphatic carbocycles. The maximum Gasteiger partial charge on any atom is 0.323 e. The molecule has 1 amide bonds. The van der Waals surface area contributed by atoms with Gasteiger partial charge in [0.15, 0.2) is 0 Å². The van der Waals surface area contributed by atoms with Crippen LogP contribution < -0.4 is 0 Å². The Balaban J connectivity index is 0. The lowest BCUT2D eigenvalue weighted by Gasteiger charge is -2.17. The van der Waals surface area contributed by atoms with E-state index < -0.39 is 5.97 Å². The SMILES string of the molecule is CCCCCCCCCC(=O)N(C)CC(=O)O.OCCN(CCO)CCO. The highest BCUT2D eigenvalue weighted by atomic mass is 16.4. The monoisotopic (exact) mass is 392 g/mol. The van der Waals surface area contributed by atoms with Gasteiger partial charge in [-0.25, -0.2) is 0 Å². The van der Waals surface area contributed by atoms with Crippen LogP contribution in [0, 0.1) is 0 Å². The number of rotatable bonds is 16. The molecule has 0 aliphatic heterocycles. The van der Waals surface area contributed by atoms with Gasteiger partial charge in [0.1, 0.15) is 6.54 Å². The third-order valence-corrected chi connectivity index (χ3v) is 4.04. The highest BCUT2D eigenvalue weighted by molar-refractivity contribution is 5.80. The summed E-state index contributed by atoms with van der Waals surface area (Å²) in [6.45, 7) is 3.75. The summed E-state index contributed by atoms with van der Waals surface area (Å²) in [7, 11) is 1.54. The van der Waals surface area contributed by atoms with E-state index in [2.05, 4.69) is 6.92 Å². The molecule has 0 saturated heterocycles. The molecule has 0 aliphatic rings. The van der Waals surface area contributed by atoms with E-state index in [1.165, 1.54) is 44.1 Å². The number of carbonyl (C=O) groups is 2. The van der Waals surface area contributed by atoms with Crippen LogP contribution in [-0.4, -0.2) is 95.1 Å². The molecule has 8 heteroatoms. The summed E-state index contributed by atoms with van der Waals surface area (Å²) in [6, 6.07) is 0. The fraction of sp³-hybridized carbons (Fsp3) is 0.895. The molecule has 0 atom stereocenters. The van der Waals surface area contributed by atoms with Crippen LogP contribution in [-0.2, 0) is 9.59 Å². The van der Waals surface area contributed by atoms with Crippen molar-refractivity contribution in [3.63, 3.8) is 0 Å². The average Bonchev–Trinajstić information content (AvgIpc) is 2.61. The zero-order valence-corrected chi connectivity index (χ0v) is 17.1. The maximum atomic E-state index is 11.5. The molecule has 0 saturated carbocycles. The largest absolute Gasteiger partial charge is 0.480 e. The van der Waals surface area contributed by atoms with Crippen molar-refractivity contribution >= 4 is 11.9 Å². The number of aliphatic carboxylic acids is 1. The zero-order chi connectivity index (χ0) is 20.9. The van der Waals surface area contributed by atoms with Crippen molar-refractivity contribution in [2.24, 2.45) is 0 Å². The third kappa shape index (κ3) is 20.9. The topological polar surface area (TPSA) is 122 Å². The van der Waals surface area contributed by atoms with Gasteiger partial charge in [-0.3, -0.25) is 14.5 Å². The molecule has 162 valence electrons. The van der Waals surface area contributed by atoms with E-state index in [1.807, 2.05) is 0 Å². The molecular weight excluding hydrogens is 352 g/mol. The summed E-state index contributed by atoms with van der Waals surface area (Å²) >= 11 is 0. The molecule has 0 unspecified atom stereocenters. The summed E-state index contributed by atoms with van der Waals surface area (Å²) in [5.41, 5.74) is 0. The Hall–Kier alpha value is -1.22. The zero-order valence-electron chi connectivity index (χ0n) is 17.1. The van der Waals surface area contributed by atoms with Crippen LogP contribution in [0.15, 0.2) is 0 Å². The van der Waals surface area contributed by atoms with Crippen molar-refractivity contribution < 1.29 is 30.0 Å². The van der Waals surface area contributed by atoms with Crippen molar-refractivity contribution in [3.8, 4) is 0 Å². The Morgan fingerprint density at radius 1 is 0.778 bits per heavy atom. The number of aliphatic hydroxyl groups excluding tert-OH is 3. The summed E-state index contributed by atoms with van der Waals surface area (Å²) in [5, 5.41) is 34.0. The summed E-state index contributed by atoms with van der Waals surface area (Å²) in [6.07, 6.45) is 8.65. The number of hydrogen-bond acceptors (Lipinski definition) is 6. The van der Waals surface area contributed by atoms with E-state index >= 15 is 0 Å². The van der Waals surface area contributed by atoms with Gasteiger partial charge in [0.2, 0.25) is 5.91 Å². The summed E-state index contributed by atoms with van der Waals surface area (Å²) in [4.78, 5) is 24.9. The molecule has 0 heterocycles. The van der Waals surface area contributed by atoms with E-state index in [9.17, 15) is 9.59 Å². The highest BCUT2D eigenvalue weighted by Crippen LogP contribution is 2.09. The number of aliphatic hydroxyl groups is 3. The van der Waals surface area contributed by atoms with Crippen LogP contribution in [0.1, 0.15) is 58.3 Å². The van der Waals surface area contributed by atoms with E-state index in [4.69, 9.17) is 20.4 Å². The second-order valence-electron chi connectivity index (χ2n) is 6.53. The van der Waals surface area contributed by atoms with Gasteiger partial charge in [-0.05, 0) is 6.42 Å². The maximum absolute atomic E-state index is 11.5. The number of nitrogens with zero attached hydrogens (tertiary/aromatic N) is 2. The first-order valence-corrected chi connectivity index (χ1v) is 9.93. The van der Waals surface area contributed by atoms with E-state index in [1.54, 1.807) is 4.90 Å². The molecule has 0 aromatic rings.